The SMILES string of the molecule is COC1=CC(=O)O[C@@H](CCc2ccccc2F)C1. The van der Waals surface area contributed by atoms with Gasteiger partial charge in [0.15, 0.2) is 0 Å². The minimum atomic E-state index is -0.392. The minimum Gasteiger partial charge on any atom is -0.501 e. The topological polar surface area (TPSA) is 35.5 Å². The third kappa shape index (κ3) is 3.09. The Hall–Kier alpha value is -1.84. The van der Waals surface area contributed by atoms with Crippen molar-refractivity contribution in [2.75, 3.05) is 7.11 Å². The van der Waals surface area contributed by atoms with Crippen molar-refractivity contribution in [3.05, 3.63) is 47.5 Å². The summed E-state index contributed by atoms with van der Waals surface area (Å²) >= 11 is 0. The molecule has 96 valence electrons. The molecule has 2 rings (SSSR count). The van der Waals surface area contributed by atoms with Crippen LogP contribution in [0.15, 0.2) is 36.1 Å². The Bertz CT molecular complexity index is 468. The number of carbonyl (C=O) groups excluding carboxylic acids is 1. The van der Waals surface area contributed by atoms with Gasteiger partial charge in [0.05, 0.1) is 13.2 Å². The zero-order valence-electron chi connectivity index (χ0n) is 10.2. The highest BCUT2D eigenvalue weighted by molar-refractivity contribution is 5.83. The fourth-order valence-corrected chi connectivity index (χ4v) is 1.98. The van der Waals surface area contributed by atoms with E-state index in [1.165, 1.54) is 19.3 Å². The molecule has 1 aromatic carbocycles. The molecule has 3 nitrogen and oxygen atoms in total. The molecular formula is C14H15FO3. The maximum absolute atomic E-state index is 13.4. The van der Waals surface area contributed by atoms with Gasteiger partial charge in [0.1, 0.15) is 17.7 Å². The molecule has 0 bridgehead atoms. The van der Waals surface area contributed by atoms with Crippen LogP contribution in [0, 0.1) is 5.82 Å². The lowest BCUT2D eigenvalue weighted by atomic mass is 10.0. The Labute approximate surface area is 105 Å². The number of hydrogen-bond donors (Lipinski definition) is 0. The molecular weight excluding hydrogens is 235 g/mol. The molecule has 0 spiro atoms. The predicted molar refractivity (Wildman–Crippen MR) is 64.3 cm³/mol. The molecule has 0 N–H and O–H groups in total. The molecule has 1 heterocycles. The van der Waals surface area contributed by atoms with Gasteiger partial charge in [-0.25, -0.2) is 9.18 Å². The third-order valence-corrected chi connectivity index (χ3v) is 2.95. The summed E-state index contributed by atoms with van der Waals surface area (Å²) in [5.74, 6) is 0.00330. The summed E-state index contributed by atoms with van der Waals surface area (Å²) in [5, 5.41) is 0. The molecule has 1 aliphatic heterocycles. The summed E-state index contributed by atoms with van der Waals surface area (Å²) in [6.45, 7) is 0. The Kier molecular flexibility index (Phi) is 3.97. The highest BCUT2D eigenvalue weighted by atomic mass is 19.1. The predicted octanol–water partition coefficient (Wildman–Crippen LogP) is 2.60. The van der Waals surface area contributed by atoms with E-state index in [0.717, 1.165) is 0 Å². The Balaban J connectivity index is 1.94. The molecule has 0 saturated carbocycles. The standard InChI is InChI=1S/C14H15FO3/c1-17-12-8-11(18-14(16)9-12)7-6-10-4-2-3-5-13(10)15/h2-5,9,11H,6-8H2,1H3/t11-/m0/s1. The van der Waals surface area contributed by atoms with Gasteiger partial charge >= 0.3 is 5.97 Å². The van der Waals surface area contributed by atoms with E-state index < -0.39 is 5.97 Å². The zero-order chi connectivity index (χ0) is 13.0. The molecule has 0 fully saturated rings. The van der Waals surface area contributed by atoms with Gasteiger partial charge in [-0.1, -0.05) is 18.2 Å². The Morgan fingerprint density at radius 3 is 2.94 bits per heavy atom. The number of halogens is 1. The van der Waals surface area contributed by atoms with E-state index in [1.54, 1.807) is 18.2 Å². The van der Waals surface area contributed by atoms with Gasteiger partial charge in [0.25, 0.3) is 0 Å². The minimum absolute atomic E-state index is 0.220. The van der Waals surface area contributed by atoms with Gasteiger partial charge in [0.2, 0.25) is 0 Å². The second kappa shape index (κ2) is 5.67. The normalized spacial score (nSPS) is 19.1. The van der Waals surface area contributed by atoms with Crippen LogP contribution in [0.2, 0.25) is 0 Å². The van der Waals surface area contributed by atoms with Crippen LogP contribution in [0.25, 0.3) is 0 Å². The number of rotatable bonds is 4. The van der Waals surface area contributed by atoms with Gasteiger partial charge in [-0.05, 0) is 24.5 Å². The lowest BCUT2D eigenvalue weighted by Gasteiger charge is -2.22. The molecule has 0 radical (unpaired) electrons. The molecule has 0 aromatic heterocycles. The second-order valence-corrected chi connectivity index (χ2v) is 4.21. The fourth-order valence-electron chi connectivity index (χ4n) is 1.98. The number of benzene rings is 1. The third-order valence-electron chi connectivity index (χ3n) is 2.95. The van der Waals surface area contributed by atoms with E-state index in [2.05, 4.69) is 0 Å². The summed E-state index contributed by atoms with van der Waals surface area (Å²) in [6, 6.07) is 6.63. The first kappa shape index (κ1) is 12.6. The smallest absolute Gasteiger partial charge is 0.334 e. The number of hydrogen-bond acceptors (Lipinski definition) is 3. The van der Waals surface area contributed by atoms with Gasteiger partial charge in [-0.15, -0.1) is 0 Å². The van der Waals surface area contributed by atoms with Crippen LogP contribution in [0.1, 0.15) is 18.4 Å². The number of methoxy groups -OCH3 is 1. The molecule has 0 aliphatic carbocycles. The maximum Gasteiger partial charge on any atom is 0.334 e. The summed E-state index contributed by atoms with van der Waals surface area (Å²) in [4.78, 5) is 11.3. The average Bonchev–Trinajstić information content (AvgIpc) is 2.37. The monoisotopic (exact) mass is 250 g/mol. The number of aryl methyl sites for hydroxylation is 1. The summed E-state index contributed by atoms with van der Waals surface area (Å²) < 4.78 is 23.6. The fraction of sp³-hybridized carbons (Fsp3) is 0.357. The lowest BCUT2D eigenvalue weighted by Crippen LogP contribution is -2.23. The van der Waals surface area contributed by atoms with Crippen molar-refractivity contribution < 1.29 is 18.7 Å². The molecule has 1 atom stereocenters. The summed E-state index contributed by atoms with van der Waals surface area (Å²) in [7, 11) is 1.53. The first-order valence-corrected chi connectivity index (χ1v) is 5.87. The summed E-state index contributed by atoms with van der Waals surface area (Å²) in [6.07, 6.45) is 2.79. The van der Waals surface area contributed by atoms with Crippen molar-refractivity contribution in [1.29, 1.82) is 0 Å². The van der Waals surface area contributed by atoms with Crippen LogP contribution in [0.3, 0.4) is 0 Å². The average molecular weight is 250 g/mol. The van der Waals surface area contributed by atoms with Crippen LogP contribution in [0.4, 0.5) is 4.39 Å². The Morgan fingerprint density at radius 1 is 1.44 bits per heavy atom. The van der Waals surface area contributed by atoms with E-state index in [9.17, 15) is 9.18 Å². The number of esters is 1. The van der Waals surface area contributed by atoms with Crippen LogP contribution < -0.4 is 0 Å². The number of cyclic esters (lactones) is 1. The summed E-state index contributed by atoms with van der Waals surface area (Å²) in [5.41, 5.74) is 0.641. The quantitative estimate of drug-likeness (QED) is 0.770. The van der Waals surface area contributed by atoms with E-state index in [1.807, 2.05) is 0 Å². The van der Waals surface area contributed by atoms with Crippen LogP contribution in [-0.4, -0.2) is 19.2 Å². The molecule has 0 saturated heterocycles. The largest absolute Gasteiger partial charge is 0.501 e. The van der Waals surface area contributed by atoms with Crippen molar-refractivity contribution in [3.63, 3.8) is 0 Å². The van der Waals surface area contributed by atoms with E-state index in [4.69, 9.17) is 9.47 Å². The van der Waals surface area contributed by atoms with Gasteiger partial charge in [-0.3, -0.25) is 0 Å². The van der Waals surface area contributed by atoms with E-state index >= 15 is 0 Å². The molecule has 1 aromatic rings. The van der Waals surface area contributed by atoms with Crippen molar-refractivity contribution in [2.45, 2.75) is 25.4 Å². The lowest BCUT2D eigenvalue weighted by molar-refractivity contribution is -0.145. The van der Waals surface area contributed by atoms with Crippen LogP contribution >= 0.6 is 0 Å². The molecule has 0 unspecified atom stereocenters. The first-order valence-electron chi connectivity index (χ1n) is 5.87. The molecule has 18 heavy (non-hydrogen) atoms. The van der Waals surface area contributed by atoms with Crippen LogP contribution in [-0.2, 0) is 20.7 Å². The van der Waals surface area contributed by atoms with E-state index in [-0.39, 0.29) is 11.9 Å². The maximum atomic E-state index is 13.4. The highest BCUT2D eigenvalue weighted by Crippen LogP contribution is 2.21. The number of carbonyl (C=O) groups is 1. The molecule has 1 aliphatic rings. The van der Waals surface area contributed by atoms with Gasteiger partial charge in [-0.2, -0.15) is 0 Å². The van der Waals surface area contributed by atoms with Gasteiger partial charge in [0, 0.05) is 6.42 Å². The Morgan fingerprint density at radius 2 is 2.22 bits per heavy atom. The molecule has 0 amide bonds. The van der Waals surface area contributed by atoms with Crippen molar-refractivity contribution >= 4 is 5.97 Å². The second-order valence-electron chi connectivity index (χ2n) is 4.21. The van der Waals surface area contributed by atoms with Crippen LogP contribution in [0.5, 0.6) is 0 Å². The zero-order valence-corrected chi connectivity index (χ0v) is 10.2. The van der Waals surface area contributed by atoms with E-state index in [0.29, 0.717) is 30.6 Å². The van der Waals surface area contributed by atoms with Gasteiger partial charge < -0.3 is 9.47 Å². The molecule has 4 heteroatoms. The van der Waals surface area contributed by atoms with Crippen molar-refractivity contribution in [1.82, 2.24) is 0 Å². The van der Waals surface area contributed by atoms with Crippen molar-refractivity contribution in [3.8, 4) is 0 Å². The van der Waals surface area contributed by atoms with Crippen molar-refractivity contribution in [2.24, 2.45) is 0 Å². The number of ether oxygens (including phenoxy) is 2. The first-order chi connectivity index (χ1) is 8.69. The highest BCUT2D eigenvalue weighted by Gasteiger charge is 2.22.